The molecule has 0 atom stereocenters. The lowest BCUT2D eigenvalue weighted by Crippen LogP contribution is -2.29. The average Bonchev–Trinajstić information content (AvgIpc) is 2.49. The van der Waals surface area contributed by atoms with E-state index in [9.17, 15) is 17.6 Å². The van der Waals surface area contributed by atoms with Crippen LogP contribution in [0, 0.1) is 5.82 Å². The van der Waals surface area contributed by atoms with Gasteiger partial charge >= 0.3 is 0 Å². The minimum Gasteiger partial charge on any atom is -0.493 e. The number of rotatable bonds is 5. The summed E-state index contributed by atoms with van der Waals surface area (Å²) in [5.41, 5.74) is -0.274. The van der Waals surface area contributed by atoms with Crippen molar-refractivity contribution in [3.8, 4) is 17.2 Å². The van der Waals surface area contributed by atoms with Gasteiger partial charge in [-0.2, -0.15) is 4.39 Å². The first-order valence-corrected chi connectivity index (χ1v) is 8.80. The molecule has 24 heavy (non-hydrogen) atoms. The van der Waals surface area contributed by atoms with E-state index in [0.717, 1.165) is 13.4 Å². The van der Waals surface area contributed by atoms with Crippen molar-refractivity contribution in [3.05, 3.63) is 52.8 Å². The number of nitrogens with one attached hydrogen (secondary N) is 1. The Kier molecular flexibility index (Phi) is 5.30. The zero-order chi connectivity index (χ0) is 17.9. The summed E-state index contributed by atoms with van der Waals surface area (Å²) < 4.78 is 48.8. The predicted molar refractivity (Wildman–Crippen MR) is 86.8 cm³/mol. The second-order valence-electron chi connectivity index (χ2n) is 4.72. The third kappa shape index (κ3) is 4.36. The molecule has 2 rings (SSSR count). The lowest BCUT2D eigenvalue weighted by molar-refractivity contribution is 0.0978. The van der Waals surface area contributed by atoms with E-state index in [1.165, 1.54) is 12.1 Å². The summed E-state index contributed by atoms with van der Waals surface area (Å²) in [7, 11) is -2.64. The number of halogens is 2. The molecule has 0 bridgehead atoms. The molecule has 0 spiro atoms. The number of hydrogen-bond donors (Lipinski definition) is 1. The molecule has 1 N–H and O–H groups in total. The van der Waals surface area contributed by atoms with Crippen LogP contribution in [0.15, 0.2) is 36.4 Å². The molecule has 0 heterocycles. The van der Waals surface area contributed by atoms with Gasteiger partial charge in [0, 0.05) is 5.02 Å². The second-order valence-corrected chi connectivity index (χ2v) is 6.90. The lowest BCUT2D eigenvalue weighted by atomic mass is 10.1. The first kappa shape index (κ1) is 18.0. The first-order chi connectivity index (χ1) is 11.2. The topological polar surface area (TPSA) is 81.7 Å². The fourth-order valence-corrected chi connectivity index (χ4v) is 2.42. The van der Waals surface area contributed by atoms with Crippen molar-refractivity contribution >= 4 is 27.5 Å². The largest absolute Gasteiger partial charge is 0.493 e. The van der Waals surface area contributed by atoms with Gasteiger partial charge in [0.15, 0.2) is 11.5 Å². The maximum atomic E-state index is 14.5. The Morgan fingerprint density at radius 1 is 1.17 bits per heavy atom. The Morgan fingerprint density at radius 3 is 2.33 bits per heavy atom. The van der Waals surface area contributed by atoms with E-state index in [4.69, 9.17) is 21.1 Å². The van der Waals surface area contributed by atoms with Crippen LogP contribution in [0.3, 0.4) is 0 Å². The Balaban J connectivity index is 2.36. The normalized spacial score (nSPS) is 11.0. The van der Waals surface area contributed by atoms with Crippen molar-refractivity contribution in [1.82, 2.24) is 4.72 Å². The van der Waals surface area contributed by atoms with Gasteiger partial charge in [0.25, 0.3) is 5.91 Å². The van der Waals surface area contributed by atoms with E-state index in [1.807, 2.05) is 0 Å². The number of hydrogen-bond acceptors (Lipinski definition) is 5. The highest BCUT2D eigenvalue weighted by Gasteiger charge is 2.22. The molecule has 0 aliphatic rings. The van der Waals surface area contributed by atoms with Crippen molar-refractivity contribution in [3.63, 3.8) is 0 Å². The Bertz CT molecular complexity index is 868. The van der Waals surface area contributed by atoms with Gasteiger partial charge in [-0.3, -0.25) is 4.79 Å². The quantitative estimate of drug-likeness (QED) is 0.871. The standard InChI is InChI=1S/C15H13ClFNO5S/c1-22-14-11(15(19)18-24(2,20)21)7-8-12(13(14)17)23-10-5-3-9(16)4-6-10/h3-8H,1-2H3,(H,18,19). The third-order valence-corrected chi connectivity index (χ3v) is 3.64. The predicted octanol–water partition coefficient (Wildman–Crippen LogP) is 2.97. The van der Waals surface area contributed by atoms with E-state index >= 15 is 0 Å². The summed E-state index contributed by atoms with van der Waals surface area (Å²) in [4.78, 5) is 11.9. The van der Waals surface area contributed by atoms with Gasteiger partial charge in [0.05, 0.1) is 18.9 Å². The van der Waals surface area contributed by atoms with Gasteiger partial charge in [-0.15, -0.1) is 0 Å². The van der Waals surface area contributed by atoms with Crippen LogP contribution in [-0.4, -0.2) is 27.7 Å². The highest BCUT2D eigenvalue weighted by atomic mass is 35.5. The summed E-state index contributed by atoms with van der Waals surface area (Å²) in [5.74, 6) is -2.23. The number of amides is 1. The molecule has 2 aromatic carbocycles. The number of benzene rings is 2. The summed E-state index contributed by atoms with van der Waals surface area (Å²) in [6.07, 6.45) is 0.811. The average molecular weight is 374 g/mol. The molecule has 6 nitrogen and oxygen atoms in total. The van der Waals surface area contributed by atoms with Gasteiger partial charge in [-0.1, -0.05) is 11.6 Å². The first-order valence-electron chi connectivity index (χ1n) is 6.53. The molecule has 0 fully saturated rings. The van der Waals surface area contributed by atoms with E-state index in [-0.39, 0.29) is 11.3 Å². The van der Waals surface area contributed by atoms with Crippen LogP contribution in [0.2, 0.25) is 5.02 Å². The zero-order valence-electron chi connectivity index (χ0n) is 12.7. The molecular weight excluding hydrogens is 361 g/mol. The summed E-state index contributed by atoms with van der Waals surface area (Å²) >= 11 is 5.76. The van der Waals surface area contributed by atoms with Crippen molar-refractivity contribution in [2.24, 2.45) is 0 Å². The van der Waals surface area contributed by atoms with Crippen LogP contribution in [-0.2, 0) is 10.0 Å². The monoisotopic (exact) mass is 373 g/mol. The summed E-state index contributed by atoms with van der Waals surface area (Å²) in [6.45, 7) is 0. The molecule has 0 saturated carbocycles. The van der Waals surface area contributed by atoms with Crippen molar-refractivity contribution in [2.45, 2.75) is 0 Å². The van der Waals surface area contributed by atoms with Crippen LogP contribution in [0.25, 0.3) is 0 Å². The van der Waals surface area contributed by atoms with Crippen LogP contribution in [0.5, 0.6) is 17.2 Å². The minimum absolute atomic E-state index is 0.190. The minimum atomic E-state index is -3.79. The van der Waals surface area contributed by atoms with Crippen molar-refractivity contribution in [1.29, 1.82) is 0 Å². The van der Waals surface area contributed by atoms with Crippen molar-refractivity contribution in [2.75, 3.05) is 13.4 Å². The van der Waals surface area contributed by atoms with Crippen LogP contribution in [0.1, 0.15) is 10.4 Å². The van der Waals surface area contributed by atoms with Crippen LogP contribution >= 0.6 is 11.6 Å². The third-order valence-electron chi connectivity index (χ3n) is 2.83. The maximum absolute atomic E-state index is 14.5. The van der Waals surface area contributed by atoms with E-state index in [0.29, 0.717) is 10.8 Å². The van der Waals surface area contributed by atoms with Gasteiger partial charge < -0.3 is 9.47 Å². The van der Waals surface area contributed by atoms with Crippen LogP contribution < -0.4 is 14.2 Å². The molecule has 2 aromatic rings. The Morgan fingerprint density at radius 2 is 1.79 bits per heavy atom. The summed E-state index contributed by atoms with van der Waals surface area (Å²) in [6, 6.07) is 8.62. The summed E-state index contributed by atoms with van der Waals surface area (Å²) in [5, 5.41) is 0.494. The van der Waals surface area contributed by atoms with E-state index < -0.39 is 27.5 Å². The number of ether oxygens (including phenoxy) is 2. The highest BCUT2D eigenvalue weighted by molar-refractivity contribution is 7.89. The molecule has 0 aliphatic heterocycles. The molecule has 128 valence electrons. The van der Waals surface area contributed by atoms with E-state index in [2.05, 4.69) is 0 Å². The Hall–Kier alpha value is -2.32. The molecule has 0 saturated heterocycles. The van der Waals surface area contributed by atoms with Gasteiger partial charge in [0.1, 0.15) is 5.75 Å². The fraction of sp³-hybridized carbons (Fsp3) is 0.133. The second kappa shape index (κ2) is 7.06. The number of carbonyl (C=O) groups excluding carboxylic acids is 1. The number of sulfonamides is 1. The molecule has 0 aliphatic carbocycles. The smallest absolute Gasteiger partial charge is 0.268 e. The zero-order valence-corrected chi connectivity index (χ0v) is 14.2. The number of methoxy groups -OCH3 is 1. The van der Waals surface area contributed by atoms with E-state index in [1.54, 1.807) is 29.0 Å². The molecule has 0 aromatic heterocycles. The molecule has 1 amide bonds. The highest BCUT2D eigenvalue weighted by Crippen LogP contribution is 2.33. The lowest BCUT2D eigenvalue weighted by Gasteiger charge is -2.13. The maximum Gasteiger partial charge on any atom is 0.268 e. The van der Waals surface area contributed by atoms with Crippen molar-refractivity contribution < 1.29 is 27.1 Å². The molecular formula is C15H13ClFNO5S. The van der Waals surface area contributed by atoms with Crippen LogP contribution in [0.4, 0.5) is 4.39 Å². The molecule has 0 radical (unpaired) electrons. The fourth-order valence-electron chi connectivity index (χ4n) is 1.85. The SMILES string of the molecule is COc1c(C(=O)NS(C)(=O)=O)ccc(Oc2ccc(Cl)cc2)c1F. The van der Waals surface area contributed by atoms with Gasteiger partial charge in [-0.25, -0.2) is 13.1 Å². The molecule has 9 heteroatoms. The van der Waals surface area contributed by atoms with Gasteiger partial charge in [0.2, 0.25) is 15.8 Å². The van der Waals surface area contributed by atoms with Gasteiger partial charge in [-0.05, 0) is 36.4 Å². The Labute approximate surface area is 143 Å². The molecule has 0 unspecified atom stereocenters. The number of carbonyl (C=O) groups is 1.